The zero-order valence-electron chi connectivity index (χ0n) is 14.1. The van der Waals surface area contributed by atoms with Gasteiger partial charge in [-0.1, -0.05) is 54.6 Å². The Morgan fingerprint density at radius 2 is 1.70 bits per heavy atom. The van der Waals surface area contributed by atoms with E-state index in [0.717, 1.165) is 10.4 Å². The molecule has 2 aromatic heterocycles. The molecule has 4 aromatic rings. The normalized spacial score (nSPS) is 11.3. The van der Waals surface area contributed by atoms with Gasteiger partial charge in [-0.15, -0.1) is 16.4 Å². The van der Waals surface area contributed by atoms with Crippen LogP contribution in [0.15, 0.2) is 78.2 Å². The first-order valence-electron chi connectivity index (χ1n) is 8.18. The van der Waals surface area contributed by atoms with Crippen molar-refractivity contribution in [2.75, 3.05) is 0 Å². The predicted molar refractivity (Wildman–Crippen MR) is 104 cm³/mol. The number of esters is 1. The molecule has 0 bridgehead atoms. The largest absolute Gasteiger partial charge is 0.422 e. The Morgan fingerprint density at radius 1 is 0.963 bits per heavy atom. The van der Waals surface area contributed by atoms with Gasteiger partial charge in [0.25, 0.3) is 0 Å². The fourth-order valence-electron chi connectivity index (χ4n) is 2.48. The van der Waals surface area contributed by atoms with Gasteiger partial charge in [-0.05, 0) is 40.1 Å². The lowest BCUT2D eigenvalue weighted by atomic mass is 10.2. The molecule has 27 heavy (non-hydrogen) atoms. The third kappa shape index (κ3) is 3.83. The monoisotopic (exact) mass is 374 g/mol. The van der Waals surface area contributed by atoms with Crippen LogP contribution in [0.4, 0.5) is 0 Å². The summed E-state index contributed by atoms with van der Waals surface area (Å²) in [6.07, 6.45) is 1.72. The van der Waals surface area contributed by atoms with Crippen LogP contribution in [0.1, 0.15) is 4.88 Å². The molecule has 0 atom stereocenters. The highest BCUT2D eigenvalue weighted by Gasteiger charge is 2.21. The fraction of sp³-hybridized carbons (Fsp3) is 0. The number of tetrazole rings is 1. The van der Waals surface area contributed by atoms with Crippen molar-refractivity contribution in [2.45, 2.75) is 0 Å². The van der Waals surface area contributed by atoms with Crippen LogP contribution < -0.4 is 4.74 Å². The Bertz CT molecular complexity index is 1060. The van der Waals surface area contributed by atoms with Gasteiger partial charge in [0.1, 0.15) is 5.75 Å². The van der Waals surface area contributed by atoms with Crippen molar-refractivity contribution in [3.63, 3.8) is 0 Å². The van der Waals surface area contributed by atoms with E-state index in [9.17, 15) is 4.79 Å². The second-order valence-electron chi connectivity index (χ2n) is 5.53. The van der Waals surface area contributed by atoms with Crippen LogP contribution in [0.5, 0.6) is 5.75 Å². The van der Waals surface area contributed by atoms with Gasteiger partial charge in [0.05, 0.1) is 0 Å². The van der Waals surface area contributed by atoms with Crippen molar-refractivity contribution in [3.05, 3.63) is 83.1 Å². The smallest absolute Gasteiger partial charge is 0.362 e. The van der Waals surface area contributed by atoms with Gasteiger partial charge in [-0.2, -0.15) is 4.68 Å². The van der Waals surface area contributed by atoms with Gasteiger partial charge in [-0.3, -0.25) is 0 Å². The third-order valence-corrected chi connectivity index (χ3v) is 4.53. The first-order chi connectivity index (χ1) is 13.3. The number of aromatic nitrogens is 4. The number of thiophene rings is 1. The molecule has 0 N–H and O–H groups in total. The summed E-state index contributed by atoms with van der Waals surface area (Å²) < 4.78 is 6.92. The van der Waals surface area contributed by atoms with Crippen LogP contribution in [0, 0.1) is 0 Å². The minimum Gasteiger partial charge on any atom is -0.422 e. The van der Waals surface area contributed by atoms with Gasteiger partial charge in [0, 0.05) is 10.4 Å². The molecule has 0 spiro atoms. The Balaban J connectivity index is 1.76. The number of hydrogen-bond donors (Lipinski definition) is 0. The summed E-state index contributed by atoms with van der Waals surface area (Å²) in [5, 5.41) is 13.8. The van der Waals surface area contributed by atoms with E-state index in [1.807, 2.05) is 53.9 Å². The number of benzene rings is 2. The minimum atomic E-state index is -0.543. The minimum absolute atomic E-state index is 0.227. The maximum Gasteiger partial charge on any atom is 0.362 e. The van der Waals surface area contributed by atoms with Crippen molar-refractivity contribution >= 4 is 29.1 Å². The number of hydrogen-bond acceptors (Lipinski definition) is 6. The number of para-hydroxylation sites is 1. The lowest BCUT2D eigenvalue weighted by Gasteiger charge is -2.09. The summed E-state index contributed by atoms with van der Waals surface area (Å²) in [7, 11) is 0. The number of nitrogens with zero attached hydrogens (tertiary/aromatic N) is 4. The summed E-state index contributed by atoms with van der Waals surface area (Å²) in [5.74, 6) is 0.372. The van der Waals surface area contributed by atoms with E-state index in [2.05, 4.69) is 15.5 Å². The van der Waals surface area contributed by atoms with Crippen LogP contribution >= 0.6 is 11.3 Å². The first-order valence-corrected chi connectivity index (χ1v) is 9.06. The second kappa shape index (κ2) is 7.76. The molecule has 4 rings (SSSR count). The quantitative estimate of drug-likeness (QED) is 0.300. The maximum absolute atomic E-state index is 12.9. The van der Waals surface area contributed by atoms with E-state index < -0.39 is 5.97 Å². The van der Waals surface area contributed by atoms with Gasteiger partial charge >= 0.3 is 5.97 Å². The molecule has 0 saturated carbocycles. The summed E-state index contributed by atoms with van der Waals surface area (Å²) in [5.41, 5.74) is 1.03. The molecule has 7 heteroatoms. The van der Waals surface area contributed by atoms with Gasteiger partial charge in [0.15, 0.2) is 11.5 Å². The summed E-state index contributed by atoms with van der Waals surface area (Å²) in [4.78, 5) is 13.8. The lowest BCUT2D eigenvalue weighted by Crippen LogP contribution is -2.17. The molecule has 0 radical (unpaired) electrons. The molecular formula is C20H14N4O2S. The van der Waals surface area contributed by atoms with Gasteiger partial charge in [-0.25, -0.2) is 4.79 Å². The highest BCUT2D eigenvalue weighted by atomic mass is 32.1. The highest BCUT2D eigenvalue weighted by molar-refractivity contribution is 7.10. The molecule has 2 aromatic carbocycles. The summed E-state index contributed by atoms with van der Waals surface area (Å²) in [6.45, 7) is 0. The zero-order valence-corrected chi connectivity index (χ0v) is 14.9. The predicted octanol–water partition coefficient (Wildman–Crippen LogP) is 4.01. The average Bonchev–Trinajstić information content (AvgIpc) is 3.39. The number of carbonyl (C=O) groups excluding carboxylic acids is 1. The van der Waals surface area contributed by atoms with E-state index in [0.29, 0.717) is 11.6 Å². The maximum atomic E-state index is 12.9. The molecule has 6 nitrogen and oxygen atoms in total. The summed E-state index contributed by atoms with van der Waals surface area (Å²) >= 11 is 1.51. The standard InChI is InChI=1S/C20H14N4O2S/c25-20(26-16-10-5-2-6-11-16)18(14-17-12-7-13-27-17)24-19(21-22-23-24)15-8-3-1-4-9-15/h1-14H. The molecular weight excluding hydrogens is 360 g/mol. The van der Waals surface area contributed by atoms with E-state index in [1.165, 1.54) is 16.0 Å². The Morgan fingerprint density at radius 3 is 2.41 bits per heavy atom. The van der Waals surface area contributed by atoms with Crippen molar-refractivity contribution in [1.82, 2.24) is 20.2 Å². The fourth-order valence-corrected chi connectivity index (χ4v) is 3.13. The molecule has 132 valence electrons. The van der Waals surface area contributed by atoms with Crippen LogP contribution in [0.3, 0.4) is 0 Å². The van der Waals surface area contributed by atoms with E-state index in [-0.39, 0.29) is 5.70 Å². The Kier molecular flexibility index (Phi) is 4.84. The SMILES string of the molecule is O=C(Oc1ccccc1)C(=Cc1cccs1)n1nnnc1-c1ccccc1. The van der Waals surface area contributed by atoms with Crippen molar-refractivity contribution in [3.8, 4) is 17.1 Å². The Labute approximate surface area is 159 Å². The molecule has 0 aliphatic heterocycles. The molecule has 0 aliphatic carbocycles. The first kappa shape index (κ1) is 16.9. The summed E-state index contributed by atoms with van der Waals surface area (Å²) in [6, 6.07) is 22.2. The molecule has 0 aliphatic rings. The van der Waals surface area contributed by atoms with Crippen molar-refractivity contribution in [1.29, 1.82) is 0 Å². The number of rotatable bonds is 5. The topological polar surface area (TPSA) is 69.9 Å². The number of carbonyl (C=O) groups is 1. The molecule has 0 amide bonds. The average molecular weight is 374 g/mol. The molecule has 0 fully saturated rings. The van der Waals surface area contributed by atoms with Crippen LogP contribution in [-0.4, -0.2) is 26.2 Å². The van der Waals surface area contributed by atoms with Gasteiger partial charge in [0.2, 0.25) is 0 Å². The molecule has 0 saturated heterocycles. The second-order valence-corrected chi connectivity index (χ2v) is 6.51. The van der Waals surface area contributed by atoms with Crippen molar-refractivity contribution < 1.29 is 9.53 Å². The molecule has 0 unspecified atom stereocenters. The van der Waals surface area contributed by atoms with Gasteiger partial charge < -0.3 is 4.74 Å². The lowest BCUT2D eigenvalue weighted by molar-refractivity contribution is -0.128. The number of ether oxygens (including phenoxy) is 1. The van der Waals surface area contributed by atoms with Crippen molar-refractivity contribution in [2.24, 2.45) is 0 Å². The molecule has 2 heterocycles. The van der Waals surface area contributed by atoms with E-state index in [1.54, 1.807) is 30.3 Å². The van der Waals surface area contributed by atoms with E-state index in [4.69, 9.17) is 4.74 Å². The van der Waals surface area contributed by atoms with Crippen LogP contribution in [0.25, 0.3) is 23.2 Å². The Hall–Kier alpha value is -3.58. The third-order valence-electron chi connectivity index (χ3n) is 3.71. The zero-order chi connectivity index (χ0) is 18.5. The van der Waals surface area contributed by atoms with E-state index >= 15 is 0 Å². The van der Waals surface area contributed by atoms with Crippen LogP contribution in [0.2, 0.25) is 0 Å². The highest BCUT2D eigenvalue weighted by Crippen LogP contribution is 2.23. The van der Waals surface area contributed by atoms with Crippen LogP contribution in [-0.2, 0) is 4.79 Å².